The molecule has 0 bridgehead atoms. The Kier molecular flexibility index (Phi) is 6.97. The first-order chi connectivity index (χ1) is 15.2. The predicted octanol–water partition coefficient (Wildman–Crippen LogP) is 3.98. The van der Waals surface area contributed by atoms with Crippen molar-refractivity contribution in [3.63, 3.8) is 0 Å². The summed E-state index contributed by atoms with van der Waals surface area (Å²) in [6.45, 7) is 4.46. The lowest BCUT2D eigenvalue weighted by molar-refractivity contribution is 0.0708. The molecule has 1 amide bonds. The summed E-state index contributed by atoms with van der Waals surface area (Å²) in [7, 11) is 3.18. The Hall–Kier alpha value is -2.73. The first kappa shape index (κ1) is 21.5. The van der Waals surface area contributed by atoms with E-state index in [9.17, 15) is 4.79 Å². The number of hydrogen-bond acceptors (Lipinski definition) is 5. The Balaban J connectivity index is 1.52. The van der Waals surface area contributed by atoms with E-state index in [-0.39, 0.29) is 11.9 Å². The van der Waals surface area contributed by atoms with Gasteiger partial charge in [-0.25, -0.2) is 0 Å². The lowest BCUT2D eigenvalue weighted by Crippen LogP contribution is -2.42. The summed E-state index contributed by atoms with van der Waals surface area (Å²) in [5.41, 5.74) is 1.63. The van der Waals surface area contributed by atoms with Gasteiger partial charge >= 0.3 is 0 Å². The van der Waals surface area contributed by atoms with Crippen LogP contribution >= 0.6 is 0 Å². The summed E-state index contributed by atoms with van der Waals surface area (Å²) >= 11 is 0. The van der Waals surface area contributed by atoms with Gasteiger partial charge in [0.05, 0.1) is 14.2 Å². The Morgan fingerprint density at radius 2 is 1.65 bits per heavy atom. The second kappa shape index (κ2) is 10.1. The van der Waals surface area contributed by atoms with Gasteiger partial charge in [0.1, 0.15) is 6.61 Å². The molecule has 1 unspecified atom stereocenters. The van der Waals surface area contributed by atoms with E-state index in [1.165, 1.54) is 12.8 Å². The average molecular weight is 425 g/mol. The molecule has 2 heterocycles. The Labute approximate surface area is 184 Å². The molecule has 2 fully saturated rings. The third-order valence-corrected chi connectivity index (χ3v) is 6.24. The van der Waals surface area contributed by atoms with E-state index in [1.54, 1.807) is 26.4 Å². The first-order valence-corrected chi connectivity index (χ1v) is 11.2. The summed E-state index contributed by atoms with van der Waals surface area (Å²) in [4.78, 5) is 17.9. The maximum atomic E-state index is 13.4. The fourth-order valence-corrected chi connectivity index (χ4v) is 4.60. The molecule has 2 aliphatic heterocycles. The van der Waals surface area contributed by atoms with Gasteiger partial charge in [-0.2, -0.15) is 0 Å². The quantitative estimate of drug-likeness (QED) is 0.642. The maximum Gasteiger partial charge on any atom is 0.254 e. The van der Waals surface area contributed by atoms with E-state index in [0.717, 1.165) is 44.6 Å². The van der Waals surface area contributed by atoms with E-state index in [4.69, 9.17) is 14.2 Å². The highest BCUT2D eigenvalue weighted by Crippen LogP contribution is 2.40. The van der Waals surface area contributed by atoms with Crippen molar-refractivity contribution in [3.8, 4) is 17.2 Å². The van der Waals surface area contributed by atoms with Crippen molar-refractivity contribution >= 4 is 5.91 Å². The minimum Gasteiger partial charge on any atom is -0.493 e. The van der Waals surface area contributed by atoms with Crippen molar-refractivity contribution in [1.82, 2.24) is 9.80 Å². The average Bonchev–Trinajstić information content (AvgIpc) is 3.50. The van der Waals surface area contributed by atoms with Crippen LogP contribution in [-0.2, 0) is 6.61 Å². The summed E-state index contributed by atoms with van der Waals surface area (Å²) in [5.74, 6) is 1.57. The fourth-order valence-electron chi connectivity index (χ4n) is 4.60. The molecule has 4 rings (SSSR count). The van der Waals surface area contributed by atoms with Crippen LogP contribution in [0.25, 0.3) is 0 Å². The number of likely N-dealkylation sites (tertiary alicyclic amines) is 2. The van der Waals surface area contributed by atoms with Crippen LogP contribution in [0.5, 0.6) is 17.2 Å². The SMILES string of the molecule is COc1cc(C(=O)N2CCCC2CN2CCCC2)cc(OC)c1OCc1ccccc1. The van der Waals surface area contributed by atoms with Gasteiger partial charge in [-0.05, 0) is 56.5 Å². The molecule has 0 N–H and O–H groups in total. The van der Waals surface area contributed by atoms with Gasteiger partial charge in [-0.15, -0.1) is 0 Å². The number of rotatable bonds is 8. The molecule has 0 aromatic heterocycles. The normalized spacial score (nSPS) is 18.9. The number of benzene rings is 2. The van der Waals surface area contributed by atoms with Crippen molar-refractivity contribution in [2.45, 2.75) is 38.3 Å². The fraction of sp³-hybridized carbons (Fsp3) is 0.480. The van der Waals surface area contributed by atoms with Gasteiger partial charge < -0.3 is 24.0 Å². The molecular formula is C25H32N2O4. The molecule has 0 aliphatic carbocycles. The molecule has 6 nitrogen and oxygen atoms in total. The molecule has 166 valence electrons. The zero-order valence-corrected chi connectivity index (χ0v) is 18.5. The molecule has 0 saturated carbocycles. The molecule has 2 saturated heterocycles. The first-order valence-electron chi connectivity index (χ1n) is 11.2. The van der Waals surface area contributed by atoms with Gasteiger partial charge in [0, 0.05) is 24.7 Å². The lowest BCUT2D eigenvalue weighted by Gasteiger charge is -2.29. The monoisotopic (exact) mass is 424 g/mol. The highest BCUT2D eigenvalue weighted by Gasteiger charge is 2.32. The number of nitrogens with zero attached hydrogens (tertiary/aromatic N) is 2. The van der Waals surface area contributed by atoms with Crippen LogP contribution < -0.4 is 14.2 Å². The van der Waals surface area contributed by atoms with Gasteiger partial charge in [-0.1, -0.05) is 30.3 Å². The van der Waals surface area contributed by atoms with E-state index >= 15 is 0 Å². The summed E-state index contributed by atoms with van der Waals surface area (Å²) in [6, 6.07) is 13.8. The van der Waals surface area contributed by atoms with Crippen molar-refractivity contribution < 1.29 is 19.0 Å². The van der Waals surface area contributed by atoms with Gasteiger partial charge in [0.2, 0.25) is 5.75 Å². The smallest absolute Gasteiger partial charge is 0.254 e. The molecule has 0 spiro atoms. The van der Waals surface area contributed by atoms with Crippen molar-refractivity contribution in [2.75, 3.05) is 40.4 Å². The Bertz CT molecular complexity index is 855. The van der Waals surface area contributed by atoms with Gasteiger partial charge in [0.15, 0.2) is 11.5 Å². The minimum atomic E-state index is 0.0351. The van der Waals surface area contributed by atoms with Crippen LogP contribution in [0.15, 0.2) is 42.5 Å². The Morgan fingerprint density at radius 3 is 2.29 bits per heavy atom. The van der Waals surface area contributed by atoms with Crippen molar-refractivity contribution in [2.24, 2.45) is 0 Å². The van der Waals surface area contributed by atoms with Crippen LogP contribution in [0, 0.1) is 0 Å². The number of carbonyl (C=O) groups is 1. The highest BCUT2D eigenvalue weighted by molar-refractivity contribution is 5.96. The van der Waals surface area contributed by atoms with E-state index < -0.39 is 0 Å². The molecule has 1 atom stereocenters. The number of carbonyl (C=O) groups excluding carboxylic acids is 1. The second-order valence-corrected chi connectivity index (χ2v) is 8.29. The molecule has 2 aromatic rings. The van der Waals surface area contributed by atoms with Crippen molar-refractivity contribution in [3.05, 3.63) is 53.6 Å². The number of methoxy groups -OCH3 is 2. The summed E-state index contributed by atoms with van der Waals surface area (Å²) in [5, 5.41) is 0. The molecule has 31 heavy (non-hydrogen) atoms. The predicted molar refractivity (Wildman–Crippen MR) is 120 cm³/mol. The van der Waals surface area contributed by atoms with Gasteiger partial charge in [-0.3, -0.25) is 4.79 Å². The topological polar surface area (TPSA) is 51.2 Å². The Morgan fingerprint density at radius 1 is 0.968 bits per heavy atom. The van der Waals surface area contributed by atoms with Crippen LogP contribution in [0.2, 0.25) is 0 Å². The number of amides is 1. The van der Waals surface area contributed by atoms with Gasteiger partial charge in [0.25, 0.3) is 5.91 Å². The van der Waals surface area contributed by atoms with Crippen LogP contribution in [0.3, 0.4) is 0 Å². The zero-order valence-electron chi connectivity index (χ0n) is 18.5. The molecule has 2 aromatic carbocycles. The third kappa shape index (κ3) is 4.96. The third-order valence-electron chi connectivity index (χ3n) is 6.24. The zero-order chi connectivity index (χ0) is 21.6. The molecule has 6 heteroatoms. The van der Waals surface area contributed by atoms with E-state index in [2.05, 4.69) is 4.90 Å². The van der Waals surface area contributed by atoms with Crippen LogP contribution in [0.1, 0.15) is 41.6 Å². The minimum absolute atomic E-state index is 0.0351. The van der Waals surface area contributed by atoms with E-state index in [1.807, 2.05) is 35.2 Å². The lowest BCUT2D eigenvalue weighted by atomic mass is 10.1. The second-order valence-electron chi connectivity index (χ2n) is 8.29. The summed E-state index contributed by atoms with van der Waals surface area (Å²) in [6.07, 6.45) is 4.64. The molecular weight excluding hydrogens is 392 g/mol. The molecule has 0 radical (unpaired) electrons. The van der Waals surface area contributed by atoms with Crippen LogP contribution in [0.4, 0.5) is 0 Å². The summed E-state index contributed by atoms with van der Waals surface area (Å²) < 4.78 is 17.2. The van der Waals surface area contributed by atoms with E-state index in [0.29, 0.717) is 29.4 Å². The molecule has 2 aliphatic rings. The number of hydrogen-bond donors (Lipinski definition) is 0. The van der Waals surface area contributed by atoms with Crippen molar-refractivity contribution in [1.29, 1.82) is 0 Å². The number of ether oxygens (including phenoxy) is 3. The highest BCUT2D eigenvalue weighted by atomic mass is 16.5. The van der Waals surface area contributed by atoms with Crippen LogP contribution in [-0.4, -0.2) is 62.1 Å². The maximum absolute atomic E-state index is 13.4. The standard InChI is InChI=1S/C25H32N2O4/c1-29-22-15-20(16-23(30-2)24(22)31-18-19-9-4-3-5-10-19)25(28)27-14-8-11-21(27)17-26-12-6-7-13-26/h3-5,9-10,15-16,21H,6-8,11-14,17-18H2,1-2H3. The largest absolute Gasteiger partial charge is 0.493 e.